The second-order valence-corrected chi connectivity index (χ2v) is 10.9. The van der Waals surface area contributed by atoms with Crippen LogP contribution in [0.5, 0.6) is 5.75 Å². The number of hydrogen-bond donors (Lipinski definition) is 1. The quantitative estimate of drug-likeness (QED) is 0.258. The molecular weight excluding hydrogens is 514 g/mol. The summed E-state index contributed by atoms with van der Waals surface area (Å²) in [4.78, 5) is 23.7. The van der Waals surface area contributed by atoms with Crippen molar-refractivity contribution in [2.45, 2.75) is 64.2 Å². The number of methoxy groups -OCH3 is 1. The van der Waals surface area contributed by atoms with Crippen molar-refractivity contribution in [1.82, 2.24) is 35.1 Å². The molecule has 6 rings (SSSR count). The number of benzene rings is 2. The molecule has 1 atom stereocenters. The first kappa shape index (κ1) is 26.8. The zero-order valence-electron chi connectivity index (χ0n) is 23.5. The Labute approximate surface area is 239 Å². The van der Waals surface area contributed by atoms with Crippen molar-refractivity contribution in [3.63, 3.8) is 0 Å². The van der Waals surface area contributed by atoms with Crippen molar-refractivity contribution in [3.8, 4) is 5.75 Å². The summed E-state index contributed by atoms with van der Waals surface area (Å²) in [6, 6.07) is 19.8. The minimum Gasteiger partial charge on any atom is -0.497 e. The van der Waals surface area contributed by atoms with E-state index in [2.05, 4.69) is 48.6 Å². The van der Waals surface area contributed by atoms with Gasteiger partial charge in [-0.1, -0.05) is 55.7 Å². The highest BCUT2D eigenvalue weighted by Crippen LogP contribution is 2.34. The molecule has 210 valence electrons. The fourth-order valence-electron chi connectivity index (χ4n) is 6.00. The molecule has 1 saturated carbocycles. The van der Waals surface area contributed by atoms with Crippen LogP contribution in [0.3, 0.4) is 0 Å². The summed E-state index contributed by atoms with van der Waals surface area (Å²) in [7, 11) is 1.67. The van der Waals surface area contributed by atoms with Crippen LogP contribution in [0.25, 0.3) is 10.9 Å². The van der Waals surface area contributed by atoms with Gasteiger partial charge in [-0.3, -0.25) is 14.7 Å². The molecule has 1 N–H and O–H groups in total. The number of pyridine rings is 2. The summed E-state index contributed by atoms with van der Waals surface area (Å²) < 4.78 is 7.38. The number of hydrogen-bond acceptors (Lipinski definition) is 7. The van der Waals surface area contributed by atoms with E-state index in [4.69, 9.17) is 4.74 Å². The van der Waals surface area contributed by atoms with Crippen LogP contribution in [0.4, 0.5) is 0 Å². The minimum absolute atomic E-state index is 0.138. The third-order valence-electron chi connectivity index (χ3n) is 8.11. The molecule has 2 aromatic carbocycles. The van der Waals surface area contributed by atoms with Crippen molar-refractivity contribution in [1.29, 1.82) is 0 Å². The summed E-state index contributed by atoms with van der Waals surface area (Å²) in [5, 5.41) is 14.3. The average molecular weight is 550 g/mol. The number of para-hydroxylation sites is 1. The lowest BCUT2D eigenvalue weighted by Gasteiger charge is -2.32. The Hall–Kier alpha value is -4.37. The molecular formula is C32H35N7O2. The molecule has 0 radical (unpaired) electrons. The Morgan fingerprint density at radius 2 is 1.83 bits per heavy atom. The van der Waals surface area contributed by atoms with Gasteiger partial charge in [0, 0.05) is 31.0 Å². The first-order valence-electron chi connectivity index (χ1n) is 14.3. The van der Waals surface area contributed by atoms with Crippen LogP contribution in [0.2, 0.25) is 0 Å². The van der Waals surface area contributed by atoms with Gasteiger partial charge < -0.3 is 9.72 Å². The number of nitrogens with zero attached hydrogens (tertiary/aromatic N) is 6. The molecule has 3 aromatic heterocycles. The lowest BCUT2D eigenvalue weighted by atomic mass is 9.95. The first-order valence-corrected chi connectivity index (χ1v) is 14.3. The second-order valence-electron chi connectivity index (χ2n) is 10.9. The van der Waals surface area contributed by atoms with Gasteiger partial charge in [-0.05, 0) is 76.5 Å². The fourth-order valence-corrected chi connectivity index (χ4v) is 6.00. The third-order valence-corrected chi connectivity index (χ3v) is 8.11. The number of nitrogens with one attached hydrogen (secondary N) is 1. The van der Waals surface area contributed by atoms with Gasteiger partial charge in [0.1, 0.15) is 11.8 Å². The number of aromatic nitrogens is 6. The average Bonchev–Trinajstić information content (AvgIpc) is 3.49. The predicted molar refractivity (Wildman–Crippen MR) is 158 cm³/mol. The second kappa shape index (κ2) is 12.0. The van der Waals surface area contributed by atoms with Crippen LogP contribution in [-0.4, -0.2) is 42.2 Å². The van der Waals surface area contributed by atoms with Gasteiger partial charge in [0.2, 0.25) is 0 Å². The van der Waals surface area contributed by atoms with Crippen LogP contribution >= 0.6 is 0 Å². The molecule has 0 aliphatic heterocycles. The van der Waals surface area contributed by atoms with E-state index < -0.39 is 6.04 Å². The largest absolute Gasteiger partial charge is 0.497 e. The third kappa shape index (κ3) is 5.76. The lowest BCUT2D eigenvalue weighted by Crippen LogP contribution is -2.35. The van der Waals surface area contributed by atoms with Crippen LogP contribution in [0.15, 0.2) is 77.9 Å². The number of H-pyrrole nitrogens is 1. The highest BCUT2D eigenvalue weighted by atomic mass is 16.5. The molecule has 0 saturated heterocycles. The maximum absolute atomic E-state index is 13.9. The normalized spacial score (nSPS) is 14.9. The van der Waals surface area contributed by atoms with E-state index in [9.17, 15) is 4.79 Å². The van der Waals surface area contributed by atoms with Crippen LogP contribution in [0.1, 0.15) is 72.3 Å². The summed E-state index contributed by atoms with van der Waals surface area (Å²) >= 11 is 0. The van der Waals surface area contributed by atoms with Crippen LogP contribution in [-0.2, 0) is 13.1 Å². The zero-order valence-corrected chi connectivity index (χ0v) is 23.5. The Morgan fingerprint density at radius 3 is 2.59 bits per heavy atom. The molecule has 1 aliphatic rings. The van der Waals surface area contributed by atoms with Gasteiger partial charge >= 0.3 is 0 Å². The van der Waals surface area contributed by atoms with Crippen molar-refractivity contribution >= 4 is 10.9 Å². The molecule has 5 aromatic rings. The zero-order chi connectivity index (χ0) is 28.2. The molecule has 9 nitrogen and oxygen atoms in total. The molecule has 0 unspecified atom stereocenters. The fraction of sp³-hybridized carbons (Fsp3) is 0.344. The van der Waals surface area contributed by atoms with E-state index in [0.29, 0.717) is 24.5 Å². The van der Waals surface area contributed by atoms with E-state index in [1.807, 2.05) is 60.3 Å². The number of ether oxygens (including phenoxy) is 1. The van der Waals surface area contributed by atoms with Gasteiger partial charge in [-0.2, -0.15) is 0 Å². The van der Waals surface area contributed by atoms with Crippen molar-refractivity contribution < 1.29 is 4.74 Å². The number of rotatable bonds is 9. The number of aryl methyl sites for hydroxylation is 1. The molecule has 1 aliphatic carbocycles. The molecule has 41 heavy (non-hydrogen) atoms. The Morgan fingerprint density at radius 1 is 1.02 bits per heavy atom. The first-order chi connectivity index (χ1) is 20.1. The SMILES string of the molecule is COc1ccc(CN(Cc2cccnc2)[C@@H](c2cc3cccc(C)c3[nH]c2=O)c2nnnn2C2CCCCC2)cc1. The highest BCUT2D eigenvalue weighted by molar-refractivity contribution is 5.82. The number of tetrazole rings is 1. The smallest absolute Gasteiger partial charge is 0.253 e. The van der Waals surface area contributed by atoms with Gasteiger partial charge in [-0.25, -0.2) is 4.68 Å². The van der Waals surface area contributed by atoms with E-state index in [0.717, 1.165) is 59.0 Å². The van der Waals surface area contributed by atoms with Crippen LogP contribution < -0.4 is 10.3 Å². The van der Waals surface area contributed by atoms with Gasteiger partial charge in [0.25, 0.3) is 5.56 Å². The molecule has 0 bridgehead atoms. The molecule has 0 amide bonds. The minimum atomic E-state index is -0.497. The summed E-state index contributed by atoms with van der Waals surface area (Å²) in [6.07, 6.45) is 9.22. The summed E-state index contributed by atoms with van der Waals surface area (Å²) in [5.41, 5.74) is 4.48. The Kier molecular flexibility index (Phi) is 7.86. The number of fused-ring (bicyclic) bond motifs is 1. The van der Waals surface area contributed by atoms with E-state index >= 15 is 0 Å². The highest BCUT2D eigenvalue weighted by Gasteiger charge is 2.33. The lowest BCUT2D eigenvalue weighted by molar-refractivity contribution is 0.186. The topological polar surface area (TPSA) is 102 Å². The van der Waals surface area contributed by atoms with E-state index in [-0.39, 0.29) is 11.6 Å². The van der Waals surface area contributed by atoms with Crippen molar-refractivity contribution in [2.24, 2.45) is 0 Å². The Bertz CT molecular complexity index is 1660. The van der Waals surface area contributed by atoms with Crippen LogP contribution in [0, 0.1) is 6.92 Å². The molecule has 9 heteroatoms. The van der Waals surface area contributed by atoms with Gasteiger partial charge in [-0.15, -0.1) is 5.10 Å². The molecule has 3 heterocycles. The van der Waals surface area contributed by atoms with E-state index in [1.54, 1.807) is 13.3 Å². The number of aromatic amines is 1. The maximum atomic E-state index is 13.9. The van der Waals surface area contributed by atoms with Crippen molar-refractivity contribution in [2.75, 3.05) is 7.11 Å². The van der Waals surface area contributed by atoms with Gasteiger partial charge in [0.15, 0.2) is 5.82 Å². The monoisotopic (exact) mass is 549 g/mol. The summed E-state index contributed by atoms with van der Waals surface area (Å²) in [5.74, 6) is 1.48. The van der Waals surface area contributed by atoms with E-state index in [1.165, 1.54) is 6.42 Å². The standard InChI is InChI=1S/C32H35N7O2/c1-22-8-6-10-25-18-28(32(40)34-29(22)25)30(31-35-36-37-39(31)26-11-4-3-5-12-26)38(21-24-9-7-17-33-19-24)20-23-13-15-27(41-2)16-14-23/h6-10,13-19,26,30H,3-5,11-12,20-21H2,1-2H3,(H,34,40)/t30-/m0/s1. The van der Waals surface area contributed by atoms with Gasteiger partial charge in [0.05, 0.1) is 18.7 Å². The Balaban J connectivity index is 1.52. The molecule has 0 spiro atoms. The maximum Gasteiger partial charge on any atom is 0.253 e. The van der Waals surface area contributed by atoms with Crippen molar-refractivity contribution in [3.05, 3.63) is 111 Å². The predicted octanol–water partition coefficient (Wildman–Crippen LogP) is 5.52. The molecule has 1 fully saturated rings. The summed E-state index contributed by atoms with van der Waals surface area (Å²) in [6.45, 7) is 3.12.